The topological polar surface area (TPSA) is 80.3 Å². The van der Waals surface area contributed by atoms with Crippen LogP contribution in [0.4, 0.5) is 0 Å². The van der Waals surface area contributed by atoms with E-state index in [9.17, 15) is 8.42 Å². The Morgan fingerprint density at radius 2 is 1.41 bits per heavy atom. The molecule has 3 aliphatic heterocycles. The smallest absolute Gasteiger partial charge is 0.191 e. The molecule has 3 fully saturated rings. The largest absolute Gasteiger partial charge is 0.341 e. The van der Waals surface area contributed by atoms with E-state index in [1.165, 1.54) is 0 Å². The molecule has 3 rings (SSSR count). The molecular weight excluding hydrogens is 312 g/mol. The molecule has 0 unspecified atom stereocenters. The summed E-state index contributed by atoms with van der Waals surface area (Å²) in [7, 11) is -3.48. The second kappa shape index (κ2) is 5.12. The molecule has 7 nitrogen and oxygen atoms in total. The van der Waals surface area contributed by atoms with Crippen LogP contribution in [-0.4, -0.2) is 55.8 Å². The molecule has 3 heterocycles. The van der Waals surface area contributed by atoms with Gasteiger partial charge in [-0.3, -0.25) is 0 Å². The van der Waals surface area contributed by atoms with Crippen LogP contribution in [0, 0.1) is 0 Å². The normalized spacial score (nSPS) is 42.9. The van der Waals surface area contributed by atoms with Gasteiger partial charge < -0.3 is 23.7 Å². The molecule has 0 aromatic heterocycles. The van der Waals surface area contributed by atoms with Gasteiger partial charge in [0.2, 0.25) is 0 Å². The Hall–Kier alpha value is -0.250. The quantitative estimate of drug-likeness (QED) is 0.765. The zero-order valence-corrected chi connectivity index (χ0v) is 14.4. The van der Waals surface area contributed by atoms with Crippen LogP contribution in [0.15, 0.2) is 0 Å². The number of rotatable bonds is 3. The molecule has 0 aromatic rings. The van der Waals surface area contributed by atoms with Crippen molar-refractivity contribution >= 4 is 9.84 Å². The van der Waals surface area contributed by atoms with Crippen LogP contribution < -0.4 is 0 Å². The first kappa shape index (κ1) is 16.6. The summed E-state index contributed by atoms with van der Waals surface area (Å²) in [6.45, 7) is 8.85. The molecule has 0 aliphatic carbocycles. The first-order valence-corrected chi connectivity index (χ1v) is 9.34. The molecule has 0 radical (unpaired) electrons. The molecule has 3 saturated heterocycles. The first-order chi connectivity index (χ1) is 10.0. The molecule has 5 atom stereocenters. The molecule has 0 spiro atoms. The summed E-state index contributed by atoms with van der Waals surface area (Å²) in [4.78, 5) is 0. The summed E-state index contributed by atoms with van der Waals surface area (Å²) in [6.07, 6.45) is -2.02. The second-order valence-corrected chi connectivity index (χ2v) is 9.10. The summed E-state index contributed by atoms with van der Waals surface area (Å²) in [6, 6.07) is 0. The number of hydrogen-bond donors (Lipinski definition) is 0. The monoisotopic (exact) mass is 336 g/mol. The van der Waals surface area contributed by atoms with Crippen LogP contribution in [0.25, 0.3) is 0 Å². The van der Waals surface area contributed by atoms with Gasteiger partial charge in [0.15, 0.2) is 33.1 Å². The molecule has 0 N–H and O–H groups in total. The van der Waals surface area contributed by atoms with Gasteiger partial charge in [-0.05, 0) is 34.1 Å². The third kappa shape index (κ3) is 2.81. The lowest BCUT2D eigenvalue weighted by Gasteiger charge is -2.36. The van der Waals surface area contributed by atoms with Gasteiger partial charge in [-0.1, -0.05) is 6.92 Å². The zero-order valence-electron chi connectivity index (χ0n) is 13.6. The van der Waals surface area contributed by atoms with Crippen molar-refractivity contribution in [3.63, 3.8) is 0 Å². The minimum atomic E-state index is -3.48. The average molecular weight is 336 g/mol. The van der Waals surface area contributed by atoms with Crippen molar-refractivity contribution < 1.29 is 32.1 Å². The fourth-order valence-electron chi connectivity index (χ4n) is 3.27. The van der Waals surface area contributed by atoms with Crippen molar-refractivity contribution in [2.24, 2.45) is 0 Å². The third-order valence-electron chi connectivity index (χ3n) is 3.95. The number of sulfone groups is 1. The van der Waals surface area contributed by atoms with Gasteiger partial charge in [0.1, 0.15) is 18.3 Å². The molecule has 0 amide bonds. The summed E-state index contributed by atoms with van der Waals surface area (Å²) >= 11 is 0. The highest BCUT2D eigenvalue weighted by Crippen LogP contribution is 2.45. The van der Waals surface area contributed by atoms with Crippen molar-refractivity contribution in [3.05, 3.63) is 0 Å². The average Bonchev–Trinajstić information content (AvgIpc) is 2.82. The Balaban J connectivity index is 1.94. The van der Waals surface area contributed by atoms with Crippen LogP contribution in [0.5, 0.6) is 0 Å². The molecule has 0 aromatic carbocycles. The van der Waals surface area contributed by atoms with Crippen LogP contribution in [0.3, 0.4) is 0 Å². The highest BCUT2D eigenvalue weighted by molar-refractivity contribution is 7.91. The molecule has 0 saturated carbocycles. The molecule has 22 heavy (non-hydrogen) atoms. The van der Waals surface area contributed by atoms with Gasteiger partial charge in [-0.15, -0.1) is 0 Å². The zero-order chi connectivity index (χ0) is 16.3. The van der Waals surface area contributed by atoms with E-state index in [1.807, 2.05) is 6.92 Å². The van der Waals surface area contributed by atoms with E-state index in [4.69, 9.17) is 23.7 Å². The SMILES string of the molecule is CCCS(=O)(=O)[C@H]1O[C@@H]2OC(C)(C)O[C@@H]2[C@H]2OC(C)(C)O[C@H]21. The van der Waals surface area contributed by atoms with E-state index in [-0.39, 0.29) is 5.75 Å². The lowest BCUT2D eigenvalue weighted by atomic mass is 10.1. The Bertz CT molecular complexity index is 541. The van der Waals surface area contributed by atoms with E-state index in [1.54, 1.807) is 27.7 Å². The van der Waals surface area contributed by atoms with Crippen molar-refractivity contribution in [3.8, 4) is 0 Å². The number of fused-ring (bicyclic) bond motifs is 3. The van der Waals surface area contributed by atoms with E-state index in [0.29, 0.717) is 6.42 Å². The Labute approximate surface area is 131 Å². The van der Waals surface area contributed by atoms with Crippen LogP contribution >= 0.6 is 0 Å². The lowest BCUT2D eigenvalue weighted by molar-refractivity contribution is -0.214. The summed E-state index contributed by atoms with van der Waals surface area (Å²) in [5.74, 6) is -1.70. The molecular formula is C14H24O7S. The predicted molar refractivity (Wildman–Crippen MR) is 76.6 cm³/mol. The highest BCUT2D eigenvalue weighted by Gasteiger charge is 2.63. The van der Waals surface area contributed by atoms with Gasteiger partial charge in [-0.2, -0.15) is 0 Å². The summed E-state index contributed by atoms with van der Waals surface area (Å²) < 4.78 is 54.0. The predicted octanol–water partition coefficient (Wildman–Crippen LogP) is 1.17. The van der Waals surface area contributed by atoms with Gasteiger partial charge in [-0.25, -0.2) is 8.42 Å². The third-order valence-corrected chi connectivity index (χ3v) is 6.02. The van der Waals surface area contributed by atoms with Crippen LogP contribution in [0.1, 0.15) is 41.0 Å². The van der Waals surface area contributed by atoms with E-state index < -0.39 is 51.4 Å². The number of ether oxygens (including phenoxy) is 5. The molecule has 0 bridgehead atoms. The minimum absolute atomic E-state index is 0.0340. The maximum absolute atomic E-state index is 12.5. The number of hydrogen-bond acceptors (Lipinski definition) is 7. The Kier molecular flexibility index (Phi) is 3.87. The van der Waals surface area contributed by atoms with E-state index >= 15 is 0 Å². The summed E-state index contributed by atoms with van der Waals surface area (Å²) in [5, 5.41) is 0. The van der Waals surface area contributed by atoms with Crippen molar-refractivity contribution in [2.75, 3.05) is 5.75 Å². The fourth-order valence-corrected chi connectivity index (χ4v) is 4.97. The lowest BCUT2D eigenvalue weighted by Crippen LogP contribution is -2.57. The van der Waals surface area contributed by atoms with E-state index in [2.05, 4.69) is 0 Å². The fraction of sp³-hybridized carbons (Fsp3) is 1.00. The Morgan fingerprint density at radius 1 is 0.864 bits per heavy atom. The van der Waals surface area contributed by atoms with Crippen LogP contribution in [0.2, 0.25) is 0 Å². The van der Waals surface area contributed by atoms with Gasteiger partial charge >= 0.3 is 0 Å². The standard InChI is InChI=1S/C14H24O7S/c1-6-7-22(15,16)12-10-8(18-13(2,3)20-10)9-11(17-12)21-14(4,5)19-9/h8-12H,6-7H2,1-5H3/t8-,9-,10-,11-,12-/m1/s1. The maximum atomic E-state index is 12.5. The van der Waals surface area contributed by atoms with Gasteiger partial charge in [0, 0.05) is 0 Å². The van der Waals surface area contributed by atoms with Crippen molar-refractivity contribution in [2.45, 2.75) is 82.7 Å². The van der Waals surface area contributed by atoms with E-state index in [0.717, 1.165) is 0 Å². The summed E-state index contributed by atoms with van der Waals surface area (Å²) in [5.41, 5.74) is -1.10. The van der Waals surface area contributed by atoms with Crippen molar-refractivity contribution in [1.82, 2.24) is 0 Å². The first-order valence-electron chi connectivity index (χ1n) is 7.63. The molecule has 128 valence electrons. The molecule has 3 aliphatic rings. The highest BCUT2D eigenvalue weighted by atomic mass is 32.2. The van der Waals surface area contributed by atoms with Crippen LogP contribution in [-0.2, 0) is 33.5 Å². The molecule has 8 heteroatoms. The minimum Gasteiger partial charge on any atom is -0.341 e. The maximum Gasteiger partial charge on any atom is 0.191 e. The van der Waals surface area contributed by atoms with Gasteiger partial charge in [0.25, 0.3) is 0 Å². The Morgan fingerprint density at radius 3 is 2.05 bits per heavy atom. The second-order valence-electron chi connectivity index (χ2n) is 6.90. The van der Waals surface area contributed by atoms with Crippen molar-refractivity contribution in [1.29, 1.82) is 0 Å². The van der Waals surface area contributed by atoms with Gasteiger partial charge in [0.05, 0.1) is 5.75 Å².